The summed E-state index contributed by atoms with van der Waals surface area (Å²) in [5.74, 6) is 0. The van der Waals surface area contributed by atoms with Gasteiger partial charge in [0.15, 0.2) is 0 Å². The van der Waals surface area contributed by atoms with Crippen molar-refractivity contribution in [1.82, 2.24) is 0 Å². The van der Waals surface area contributed by atoms with Crippen LogP contribution in [0.5, 0.6) is 0 Å². The molecule has 1 fully saturated rings. The zero-order chi connectivity index (χ0) is 9.97. The van der Waals surface area contributed by atoms with Crippen LogP contribution in [0.3, 0.4) is 0 Å². The first-order valence-corrected chi connectivity index (χ1v) is 5.73. The molecule has 4 heteroatoms. The summed E-state index contributed by atoms with van der Waals surface area (Å²) in [5.41, 5.74) is 1.08. The predicted octanol–water partition coefficient (Wildman–Crippen LogP) is 2.94. The Morgan fingerprint density at radius 1 is 1.29 bits per heavy atom. The highest BCUT2D eigenvalue weighted by atomic mass is 79.9. The van der Waals surface area contributed by atoms with E-state index >= 15 is 0 Å². The van der Waals surface area contributed by atoms with E-state index in [9.17, 15) is 0 Å². The first-order valence-electron chi connectivity index (χ1n) is 4.56. The van der Waals surface area contributed by atoms with Crippen molar-refractivity contribution in [1.29, 1.82) is 0 Å². The standard InChI is InChI=1S/C10H11BrClNO/c11-8-2-1-3-9(12)10(8)13-4-6-14-7-5-13/h1-3H,4-7H2. The Hall–Kier alpha value is -0.250. The molecule has 0 saturated carbocycles. The maximum absolute atomic E-state index is 6.15. The Morgan fingerprint density at radius 3 is 2.64 bits per heavy atom. The molecule has 0 spiro atoms. The van der Waals surface area contributed by atoms with E-state index in [0.29, 0.717) is 0 Å². The smallest absolute Gasteiger partial charge is 0.0701 e. The number of ether oxygens (including phenoxy) is 1. The van der Waals surface area contributed by atoms with Gasteiger partial charge in [-0.3, -0.25) is 0 Å². The van der Waals surface area contributed by atoms with Crippen LogP contribution in [0.1, 0.15) is 0 Å². The minimum atomic E-state index is 0.775. The number of rotatable bonds is 1. The molecule has 0 radical (unpaired) electrons. The van der Waals surface area contributed by atoms with E-state index in [4.69, 9.17) is 16.3 Å². The second-order valence-electron chi connectivity index (χ2n) is 3.17. The normalized spacial score (nSPS) is 17.1. The van der Waals surface area contributed by atoms with Crippen molar-refractivity contribution >= 4 is 33.2 Å². The van der Waals surface area contributed by atoms with E-state index in [0.717, 1.165) is 41.5 Å². The highest BCUT2D eigenvalue weighted by molar-refractivity contribution is 9.10. The summed E-state index contributed by atoms with van der Waals surface area (Å²) in [6.07, 6.45) is 0. The Bertz CT molecular complexity index is 306. The number of halogens is 2. The molecule has 0 atom stereocenters. The summed E-state index contributed by atoms with van der Waals surface area (Å²) in [5, 5.41) is 0.793. The number of hydrogen-bond acceptors (Lipinski definition) is 2. The molecular formula is C10H11BrClNO. The van der Waals surface area contributed by atoms with Crippen molar-refractivity contribution < 1.29 is 4.74 Å². The average molecular weight is 277 g/mol. The molecule has 1 aromatic carbocycles. The van der Waals surface area contributed by atoms with E-state index in [1.807, 2.05) is 18.2 Å². The van der Waals surface area contributed by atoms with Gasteiger partial charge in [-0.15, -0.1) is 0 Å². The fourth-order valence-corrected chi connectivity index (χ4v) is 2.60. The van der Waals surface area contributed by atoms with Crippen LogP contribution in [0, 0.1) is 0 Å². The van der Waals surface area contributed by atoms with Crippen LogP contribution in [0.15, 0.2) is 22.7 Å². The lowest BCUT2D eigenvalue weighted by molar-refractivity contribution is 0.122. The quantitative estimate of drug-likeness (QED) is 0.782. The lowest BCUT2D eigenvalue weighted by Crippen LogP contribution is -2.36. The maximum Gasteiger partial charge on any atom is 0.0701 e. The van der Waals surface area contributed by atoms with Gasteiger partial charge in [-0.2, -0.15) is 0 Å². The van der Waals surface area contributed by atoms with Gasteiger partial charge in [-0.05, 0) is 28.1 Å². The lowest BCUT2D eigenvalue weighted by Gasteiger charge is -2.30. The molecule has 1 aromatic rings. The summed E-state index contributed by atoms with van der Waals surface area (Å²) in [6, 6.07) is 5.87. The first kappa shape index (κ1) is 10.3. The van der Waals surface area contributed by atoms with Gasteiger partial charge in [0.2, 0.25) is 0 Å². The van der Waals surface area contributed by atoms with Crippen LogP contribution in [0.2, 0.25) is 5.02 Å². The number of para-hydroxylation sites is 1. The fourth-order valence-electron chi connectivity index (χ4n) is 1.58. The third kappa shape index (κ3) is 2.05. The number of anilines is 1. The number of morpholine rings is 1. The zero-order valence-corrected chi connectivity index (χ0v) is 10.0. The molecule has 2 nitrogen and oxygen atoms in total. The molecule has 2 rings (SSSR count). The summed E-state index contributed by atoms with van der Waals surface area (Å²) in [4.78, 5) is 2.25. The van der Waals surface area contributed by atoms with Gasteiger partial charge in [-0.25, -0.2) is 0 Å². The topological polar surface area (TPSA) is 12.5 Å². The molecule has 1 heterocycles. The van der Waals surface area contributed by atoms with Crippen LogP contribution in [-0.2, 0) is 4.74 Å². The summed E-state index contributed by atoms with van der Waals surface area (Å²) in [7, 11) is 0. The van der Waals surface area contributed by atoms with Crippen LogP contribution in [0.4, 0.5) is 5.69 Å². The number of hydrogen-bond donors (Lipinski definition) is 0. The van der Waals surface area contributed by atoms with Crippen LogP contribution < -0.4 is 4.90 Å². The van der Waals surface area contributed by atoms with Crippen LogP contribution in [0.25, 0.3) is 0 Å². The Kier molecular flexibility index (Phi) is 3.31. The molecular weight excluding hydrogens is 265 g/mol. The monoisotopic (exact) mass is 275 g/mol. The van der Waals surface area contributed by atoms with Gasteiger partial charge in [0.05, 0.1) is 23.9 Å². The second kappa shape index (κ2) is 4.51. The maximum atomic E-state index is 6.15. The molecule has 1 saturated heterocycles. The summed E-state index contributed by atoms with van der Waals surface area (Å²) < 4.78 is 6.35. The van der Waals surface area contributed by atoms with Crippen molar-refractivity contribution in [3.63, 3.8) is 0 Å². The van der Waals surface area contributed by atoms with Gasteiger partial charge in [-0.1, -0.05) is 17.7 Å². The van der Waals surface area contributed by atoms with Crippen molar-refractivity contribution in [3.05, 3.63) is 27.7 Å². The van der Waals surface area contributed by atoms with Gasteiger partial charge in [0.1, 0.15) is 0 Å². The minimum absolute atomic E-state index is 0.775. The molecule has 0 N–H and O–H groups in total. The fraction of sp³-hybridized carbons (Fsp3) is 0.400. The van der Waals surface area contributed by atoms with Gasteiger partial charge < -0.3 is 9.64 Å². The molecule has 1 aliphatic heterocycles. The van der Waals surface area contributed by atoms with Gasteiger partial charge in [0.25, 0.3) is 0 Å². The van der Waals surface area contributed by atoms with Crippen LogP contribution in [-0.4, -0.2) is 26.3 Å². The molecule has 0 amide bonds. The minimum Gasteiger partial charge on any atom is -0.378 e. The van der Waals surface area contributed by atoms with E-state index in [1.165, 1.54) is 0 Å². The molecule has 0 aliphatic carbocycles. The zero-order valence-electron chi connectivity index (χ0n) is 7.67. The van der Waals surface area contributed by atoms with Crippen molar-refractivity contribution in [2.75, 3.05) is 31.2 Å². The molecule has 1 aliphatic rings. The van der Waals surface area contributed by atoms with Crippen molar-refractivity contribution in [2.24, 2.45) is 0 Å². The van der Waals surface area contributed by atoms with Crippen LogP contribution >= 0.6 is 27.5 Å². The highest BCUT2D eigenvalue weighted by Gasteiger charge is 2.16. The highest BCUT2D eigenvalue weighted by Crippen LogP contribution is 2.33. The molecule has 0 aromatic heterocycles. The van der Waals surface area contributed by atoms with Gasteiger partial charge >= 0.3 is 0 Å². The third-order valence-electron chi connectivity index (χ3n) is 2.26. The number of benzene rings is 1. The molecule has 0 bridgehead atoms. The number of nitrogens with zero attached hydrogens (tertiary/aromatic N) is 1. The third-order valence-corrected chi connectivity index (χ3v) is 3.21. The first-order chi connectivity index (χ1) is 6.79. The summed E-state index contributed by atoms with van der Waals surface area (Å²) in [6.45, 7) is 3.36. The SMILES string of the molecule is Clc1cccc(Br)c1N1CCOCC1. The van der Waals surface area contributed by atoms with E-state index in [1.54, 1.807) is 0 Å². The Labute approximate surface area is 96.9 Å². The predicted molar refractivity (Wildman–Crippen MR) is 62.2 cm³/mol. The van der Waals surface area contributed by atoms with Gasteiger partial charge in [0, 0.05) is 17.6 Å². The lowest BCUT2D eigenvalue weighted by atomic mass is 10.2. The van der Waals surface area contributed by atoms with E-state index in [-0.39, 0.29) is 0 Å². The average Bonchev–Trinajstić information content (AvgIpc) is 2.19. The molecule has 0 unspecified atom stereocenters. The van der Waals surface area contributed by atoms with E-state index < -0.39 is 0 Å². The molecule has 76 valence electrons. The van der Waals surface area contributed by atoms with E-state index in [2.05, 4.69) is 20.8 Å². The molecule has 14 heavy (non-hydrogen) atoms. The Balaban J connectivity index is 2.29. The second-order valence-corrected chi connectivity index (χ2v) is 4.43. The largest absolute Gasteiger partial charge is 0.378 e. The summed E-state index contributed by atoms with van der Waals surface area (Å²) >= 11 is 9.67. The Morgan fingerprint density at radius 2 is 2.00 bits per heavy atom. The van der Waals surface area contributed by atoms with Crippen molar-refractivity contribution in [2.45, 2.75) is 0 Å². The van der Waals surface area contributed by atoms with Crippen molar-refractivity contribution in [3.8, 4) is 0 Å².